The fourth-order valence-corrected chi connectivity index (χ4v) is 2.67. The standard InChI is InChI=1S/C14H18N4/c1-10-8-15-9-13(10)14-17-16-11(2)18(14)12-6-4-3-5-7-12/h3-7,10,13,15H,8-9H2,1-2H3. The summed E-state index contributed by atoms with van der Waals surface area (Å²) in [7, 11) is 0. The number of hydrogen-bond donors (Lipinski definition) is 1. The van der Waals surface area contributed by atoms with E-state index in [1.807, 2.05) is 13.0 Å². The maximum Gasteiger partial charge on any atom is 0.142 e. The van der Waals surface area contributed by atoms with Crippen molar-refractivity contribution in [3.63, 3.8) is 0 Å². The van der Waals surface area contributed by atoms with Gasteiger partial charge in [-0.1, -0.05) is 25.1 Å². The van der Waals surface area contributed by atoms with Crippen LogP contribution in [0.2, 0.25) is 0 Å². The van der Waals surface area contributed by atoms with Gasteiger partial charge < -0.3 is 5.32 Å². The topological polar surface area (TPSA) is 42.7 Å². The molecule has 18 heavy (non-hydrogen) atoms. The number of rotatable bonds is 2. The van der Waals surface area contributed by atoms with Crippen LogP contribution in [0, 0.1) is 12.8 Å². The molecule has 1 fully saturated rings. The number of para-hydroxylation sites is 1. The molecule has 1 N–H and O–H groups in total. The van der Waals surface area contributed by atoms with Crippen molar-refractivity contribution in [1.29, 1.82) is 0 Å². The highest BCUT2D eigenvalue weighted by atomic mass is 15.3. The van der Waals surface area contributed by atoms with Crippen LogP contribution in [0.25, 0.3) is 5.69 Å². The molecular weight excluding hydrogens is 224 g/mol. The zero-order valence-electron chi connectivity index (χ0n) is 10.8. The second-order valence-electron chi connectivity index (χ2n) is 5.02. The smallest absolute Gasteiger partial charge is 0.142 e. The van der Waals surface area contributed by atoms with Gasteiger partial charge in [-0.05, 0) is 31.5 Å². The summed E-state index contributed by atoms with van der Waals surface area (Å²) in [5.74, 6) is 3.09. The Bertz CT molecular complexity index is 532. The molecule has 4 heteroatoms. The molecule has 1 aromatic heterocycles. The summed E-state index contributed by atoms with van der Waals surface area (Å²) in [6, 6.07) is 10.3. The number of aryl methyl sites for hydroxylation is 1. The second-order valence-corrected chi connectivity index (χ2v) is 5.02. The van der Waals surface area contributed by atoms with Crippen LogP contribution in [0.15, 0.2) is 30.3 Å². The van der Waals surface area contributed by atoms with Gasteiger partial charge in [0.2, 0.25) is 0 Å². The first-order valence-corrected chi connectivity index (χ1v) is 6.45. The van der Waals surface area contributed by atoms with E-state index in [4.69, 9.17) is 0 Å². The second kappa shape index (κ2) is 4.53. The molecule has 0 saturated carbocycles. The molecular formula is C14H18N4. The van der Waals surface area contributed by atoms with Gasteiger partial charge in [-0.3, -0.25) is 4.57 Å². The van der Waals surface area contributed by atoms with E-state index in [1.165, 1.54) is 0 Å². The number of benzene rings is 1. The van der Waals surface area contributed by atoms with E-state index in [1.54, 1.807) is 0 Å². The lowest BCUT2D eigenvalue weighted by atomic mass is 9.97. The fourth-order valence-electron chi connectivity index (χ4n) is 2.67. The van der Waals surface area contributed by atoms with Crippen molar-refractivity contribution in [3.8, 4) is 5.69 Å². The van der Waals surface area contributed by atoms with Gasteiger partial charge in [-0.15, -0.1) is 10.2 Å². The van der Waals surface area contributed by atoms with E-state index in [0.29, 0.717) is 11.8 Å². The molecule has 0 radical (unpaired) electrons. The van der Waals surface area contributed by atoms with Crippen LogP contribution in [0.1, 0.15) is 24.5 Å². The third-order valence-corrected chi connectivity index (χ3v) is 3.71. The molecule has 94 valence electrons. The summed E-state index contributed by atoms with van der Waals surface area (Å²) < 4.78 is 2.17. The largest absolute Gasteiger partial charge is 0.316 e. The van der Waals surface area contributed by atoms with Gasteiger partial charge in [0.15, 0.2) is 0 Å². The average Bonchev–Trinajstić information content (AvgIpc) is 2.96. The Labute approximate surface area is 107 Å². The van der Waals surface area contributed by atoms with Gasteiger partial charge in [0, 0.05) is 18.2 Å². The Hall–Kier alpha value is -1.68. The molecule has 1 saturated heterocycles. The van der Waals surface area contributed by atoms with E-state index >= 15 is 0 Å². The van der Waals surface area contributed by atoms with Crippen LogP contribution in [-0.4, -0.2) is 27.9 Å². The van der Waals surface area contributed by atoms with Crippen LogP contribution in [0.4, 0.5) is 0 Å². The van der Waals surface area contributed by atoms with Crippen molar-refractivity contribution in [3.05, 3.63) is 42.0 Å². The van der Waals surface area contributed by atoms with Crippen LogP contribution in [0.5, 0.6) is 0 Å². The van der Waals surface area contributed by atoms with E-state index in [-0.39, 0.29) is 0 Å². The SMILES string of the molecule is Cc1nnc(C2CNCC2C)n1-c1ccccc1. The van der Waals surface area contributed by atoms with Crippen LogP contribution < -0.4 is 5.32 Å². The van der Waals surface area contributed by atoms with Crippen molar-refractivity contribution < 1.29 is 0 Å². The lowest BCUT2D eigenvalue weighted by Crippen LogP contribution is -2.14. The molecule has 0 bridgehead atoms. The molecule has 4 nitrogen and oxygen atoms in total. The minimum absolute atomic E-state index is 0.450. The van der Waals surface area contributed by atoms with Crippen molar-refractivity contribution in [1.82, 2.24) is 20.1 Å². The zero-order chi connectivity index (χ0) is 12.5. The third-order valence-electron chi connectivity index (χ3n) is 3.71. The van der Waals surface area contributed by atoms with Gasteiger partial charge in [0.25, 0.3) is 0 Å². The van der Waals surface area contributed by atoms with Crippen LogP contribution in [-0.2, 0) is 0 Å². The van der Waals surface area contributed by atoms with E-state index in [9.17, 15) is 0 Å². The van der Waals surface area contributed by atoms with Crippen molar-refractivity contribution in [2.45, 2.75) is 19.8 Å². The van der Waals surface area contributed by atoms with Crippen LogP contribution >= 0.6 is 0 Å². The zero-order valence-corrected chi connectivity index (χ0v) is 10.8. The van der Waals surface area contributed by atoms with E-state index < -0.39 is 0 Å². The fraction of sp³-hybridized carbons (Fsp3) is 0.429. The molecule has 1 aliphatic rings. The third kappa shape index (κ3) is 1.82. The van der Waals surface area contributed by atoms with Crippen LogP contribution in [0.3, 0.4) is 0 Å². The van der Waals surface area contributed by atoms with Gasteiger partial charge in [0.05, 0.1) is 0 Å². The summed E-state index contributed by atoms with van der Waals surface area (Å²) in [4.78, 5) is 0. The van der Waals surface area contributed by atoms with Crippen molar-refractivity contribution >= 4 is 0 Å². The Morgan fingerprint density at radius 1 is 1.17 bits per heavy atom. The van der Waals surface area contributed by atoms with Crippen molar-refractivity contribution in [2.24, 2.45) is 5.92 Å². The van der Waals surface area contributed by atoms with Gasteiger partial charge in [-0.2, -0.15) is 0 Å². The number of nitrogens with one attached hydrogen (secondary N) is 1. The molecule has 2 unspecified atom stereocenters. The molecule has 0 aliphatic carbocycles. The van der Waals surface area contributed by atoms with E-state index in [0.717, 1.165) is 30.4 Å². The highest BCUT2D eigenvalue weighted by Gasteiger charge is 2.29. The Balaban J connectivity index is 2.07. The molecule has 1 aliphatic heterocycles. The molecule has 0 amide bonds. The first kappa shape index (κ1) is 11.4. The number of hydrogen-bond acceptors (Lipinski definition) is 3. The van der Waals surface area contributed by atoms with Gasteiger partial charge >= 0.3 is 0 Å². The molecule has 2 heterocycles. The minimum atomic E-state index is 0.450. The summed E-state index contributed by atoms with van der Waals surface area (Å²) in [5, 5.41) is 12.1. The molecule has 3 rings (SSSR count). The predicted molar refractivity (Wildman–Crippen MR) is 70.9 cm³/mol. The normalized spacial score (nSPS) is 23.4. The number of aromatic nitrogens is 3. The Kier molecular flexibility index (Phi) is 2.88. The Morgan fingerprint density at radius 3 is 2.61 bits per heavy atom. The number of nitrogens with zero attached hydrogens (tertiary/aromatic N) is 3. The monoisotopic (exact) mass is 242 g/mol. The highest BCUT2D eigenvalue weighted by Crippen LogP contribution is 2.28. The molecule has 1 aromatic carbocycles. The first-order valence-electron chi connectivity index (χ1n) is 6.45. The minimum Gasteiger partial charge on any atom is -0.316 e. The van der Waals surface area contributed by atoms with Crippen molar-refractivity contribution in [2.75, 3.05) is 13.1 Å². The lowest BCUT2D eigenvalue weighted by molar-refractivity contribution is 0.537. The summed E-state index contributed by atoms with van der Waals surface area (Å²) in [6.07, 6.45) is 0. The lowest BCUT2D eigenvalue weighted by Gasteiger charge is -2.16. The molecule has 0 spiro atoms. The summed E-state index contributed by atoms with van der Waals surface area (Å²) in [6.45, 7) is 6.33. The first-order chi connectivity index (χ1) is 8.77. The maximum absolute atomic E-state index is 4.40. The summed E-state index contributed by atoms with van der Waals surface area (Å²) in [5.41, 5.74) is 1.15. The highest BCUT2D eigenvalue weighted by molar-refractivity contribution is 5.34. The molecule has 2 atom stereocenters. The summed E-state index contributed by atoms with van der Waals surface area (Å²) >= 11 is 0. The molecule has 2 aromatic rings. The van der Waals surface area contributed by atoms with Gasteiger partial charge in [-0.25, -0.2) is 0 Å². The average molecular weight is 242 g/mol. The predicted octanol–water partition coefficient (Wildman–Crippen LogP) is 1.90. The van der Waals surface area contributed by atoms with E-state index in [2.05, 4.69) is 51.3 Å². The quantitative estimate of drug-likeness (QED) is 0.874. The maximum atomic E-state index is 4.40. The Morgan fingerprint density at radius 2 is 1.94 bits per heavy atom. The van der Waals surface area contributed by atoms with Gasteiger partial charge in [0.1, 0.15) is 11.6 Å².